The second kappa shape index (κ2) is 9.90. The summed E-state index contributed by atoms with van der Waals surface area (Å²) in [4.78, 5) is 25.9. The average molecular weight is 472 g/mol. The summed E-state index contributed by atoms with van der Waals surface area (Å²) in [5.41, 5.74) is 1.75. The highest BCUT2D eigenvalue weighted by atomic mass is 32.1. The number of thiophene rings is 2. The van der Waals surface area contributed by atoms with E-state index in [9.17, 15) is 14.9 Å². The first kappa shape index (κ1) is 21.9. The molecule has 3 N–H and O–H groups in total. The maximum absolute atomic E-state index is 13.2. The second-order valence-corrected chi connectivity index (χ2v) is 8.92. The molecule has 1 aliphatic rings. The Kier molecular flexibility index (Phi) is 6.78. The molecule has 3 heterocycles. The van der Waals surface area contributed by atoms with Crippen LogP contribution in [0.15, 0.2) is 58.3 Å². The van der Waals surface area contributed by atoms with Crippen LogP contribution >= 0.6 is 22.7 Å². The van der Waals surface area contributed by atoms with Crippen LogP contribution < -0.4 is 10.6 Å². The number of nitro benzene ring substituents is 1. The van der Waals surface area contributed by atoms with Crippen LogP contribution in [0.3, 0.4) is 0 Å². The minimum Gasteiger partial charge on any atom is -0.395 e. The number of nitro groups is 1. The number of anilines is 2. The Bertz CT molecular complexity index is 1120. The Morgan fingerprint density at radius 2 is 2.00 bits per heavy atom. The summed E-state index contributed by atoms with van der Waals surface area (Å²) >= 11 is 3.16. The Labute approximate surface area is 192 Å². The van der Waals surface area contributed by atoms with Gasteiger partial charge < -0.3 is 15.7 Å². The monoisotopic (exact) mass is 471 g/mol. The lowest BCUT2D eigenvalue weighted by atomic mass is 10.1. The van der Waals surface area contributed by atoms with Gasteiger partial charge in [0, 0.05) is 30.0 Å². The molecule has 3 aromatic rings. The number of amides is 1. The number of hydrazone groups is 1. The Morgan fingerprint density at radius 1 is 1.19 bits per heavy atom. The molecule has 0 fully saturated rings. The topological polar surface area (TPSA) is 120 Å². The van der Waals surface area contributed by atoms with Crippen LogP contribution in [0.1, 0.15) is 22.2 Å². The molecule has 2 aromatic heterocycles. The van der Waals surface area contributed by atoms with Gasteiger partial charge in [-0.3, -0.25) is 14.9 Å². The molecule has 1 atom stereocenters. The average Bonchev–Trinajstić information content (AvgIpc) is 3.56. The first-order valence-electron chi connectivity index (χ1n) is 9.90. The van der Waals surface area contributed by atoms with E-state index in [1.54, 1.807) is 28.7 Å². The van der Waals surface area contributed by atoms with Gasteiger partial charge in [0.05, 0.1) is 46.1 Å². The summed E-state index contributed by atoms with van der Waals surface area (Å²) in [5, 5.41) is 36.3. The third-order valence-corrected chi connectivity index (χ3v) is 6.81. The maximum atomic E-state index is 13.2. The molecule has 166 valence electrons. The van der Waals surface area contributed by atoms with E-state index in [0.29, 0.717) is 17.8 Å². The van der Waals surface area contributed by atoms with E-state index in [2.05, 4.69) is 15.7 Å². The number of nitrogens with one attached hydrogen (secondary N) is 2. The predicted octanol–water partition coefficient (Wildman–Crippen LogP) is 3.91. The summed E-state index contributed by atoms with van der Waals surface area (Å²) in [5.74, 6) is -0.241. The molecule has 0 saturated heterocycles. The zero-order chi connectivity index (χ0) is 22.5. The van der Waals surface area contributed by atoms with Crippen molar-refractivity contribution in [1.82, 2.24) is 5.01 Å². The molecule has 0 aliphatic carbocycles. The summed E-state index contributed by atoms with van der Waals surface area (Å²) in [6.45, 7) is 0.103. The lowest BCUT2D eigenvalue weighted by Crippen LogP contribution is -2.32. The van der Waals surface area contributed by atoms with Gasteiger partial charge in [0.25, 0.3) is 11.6 Å². The molecule has 32 heavy (non-hydrogen) atoms. The smallest absolute Gasteiger partial charge is 0.271 e. The molecule has 0 saturated carbocycles. The molecule has 11 heteroatoms. The number of rotatable bonds is 9. The molecule has 0 radical (unpaired) electrons. The summed E-state index contributed by atoms with van der Waals surface area (Å²) in [6, 6.07) is 12.0. The standard InChI is InChI=1S/C21H21N5O4S2/c27-8-7-22-15-6-5-14(26(29)30)11-16(15)23-13-21(28)25-18(20-4-2-10-32-20)12-17(24-25)19-3-1-9-31-19/h1-6,9-11,18,22-23,27H,7-8,12-13H2. The van der Waals surface area contributed by atoms with Gasteiger partial charge in [0.2, 0.25) is 0 Å². The van der Waals surface area contributed by atoms with Crippen LogP contribution in [0.2, 0.25) is 0 Å². The Morgan fingerprint density at radius 3 is 2.69 bits per heavy atom. The molecule has 0 spiro atoms. The van der Waals surface area contributed by atoms with E-state index in [1.165, 1.54) is 17.1 Å². The zero-order valence-corrected chi connectivity index (χ0v) is 18.6. The van der Waals surface area contributed by atoms with E-state index < -0.39 is 4.92 Å². The molecule has 4 rings (SSSR count). The summed E-state index contributed by atoms with van der Waals surface area (Å²) in [6.07, 6.45) is 0.632. The zero-order valence-electron chi connectivity index (χ0n) is 16.9. The first-order chi connectivity index (χ1) is 15.6. The minimum atomic E-state index is -0.492. The predicted molar refractivity (Wildman–Crippen MR) is 127 cm³/mol. The summed E-state index contributed by atoms with van der Waals surface area (Å²) in [7, 11) is 0. The fourth-order valence-corrected chi connectivity index (χ4v) is 4.96. The molecule has 1 amide bonds. The van der Waals surface area contributed by atoms with Crippen molar-refractivity contribution in [3.63, 3.8) is 0 Å². The van der Waals surface area contributed by atoms with Crippen molar-refractivity contribution in [3.8, 4) is 0 Å². The van der Waals surface area contributed by atoms with Gasteiger partial charge >= 0.3 is 0 Å². The van der Waals surface area contributed by atoms with Crippen molar-refractivity contribution in [2.45, 2.75) is 12.5 Å². The lowest BCUT2D eigenvalue weighted by Gasteiger charge is -2.21. The number of aliphatic hydroxyl groups excluding tert-OH is 1. The Hall–Kier alpha value is -3.28. The quantitative estimate of drug-likeness (QED) is 0.321. The number of hydrogen-bond donors (Lipinski definition) is 3. The molecular formula is C21H21N5O4S2. The van der Waals surface area contributed by atoms with Gasteiger partial charge in [0.1, 0.15) is 0 Å². The van der Waals surface area contributed by atoms with Crippen LogP contribution in [0, 0.1) is 10.1 Å². The van der Waals surface area contributed by atoms with E-state index in [1.807, 2.05) is 35.0 Å². The minimum absolute atomic E-state index is 0.0852. The number of nitrogens with zero attached hydrogens (tertiary/aromatic N) is 3. The highest BCUT2D eigenvalue weighted by Crippen LogP contribution is 2.36. The van der Waals surface area contributed by atoms with Crippen molar-refractivity contribution in [1.29, 1.82) is 0 Å². The molecule has 9 nitrogen and oxygen atoms in total. The van der Waals surface area contributed by atoms with Crippen molar-refractivity contribution >= 4 is 51.4 Å². The SMILES string of the molecule is O=C(CNc1cc([N+](=O)[O-])ccc1NCCO)N1N=C(c2cccs2)CC1c1cccs1. The number of benzene rings is 1. The fourth-order valence-electron chi connectivity index (χ4n) is 3.42. The first-order valence-corrected chi connectivity index (χ1v) is 11.7. The molecule has 1 unspecified atom stereocenters. The van der Waals surface area contributed by atoms with Crippen molar-refractivity contribution in [2.24, 2.45) is 5.10 Å². The molecule has 1 aliphatic heterocycles. The van der Waals surface area contributed by atoms with E-state index >= 15 is 0 Å². The largest absolute Gasteiger partial charge is 0.395 e. The van der Waals surface area contributed by atoms with Gasteiger partial charge in [-0.25, -0.2) is 5.01 Å². The molecule has 1 aromatic carbocycles. The van der Waals surface area contributed by atoms with Crippen LogP contribution in [-0.2, 0) is 4.79 Å². The number of aliphatic hydroxyl groups is 1. The number of carbonyl (C=O) groups excluding carboxylic acids is 1. The second-order valence-electron chi connectivity index (χ2n) is 6.99. The fraction of sp³-hybridized carbons (Fsp3) is 0.238. The third kappa shape index (κ3) is 4.79. The van der Waals surface area contributed by atoms with Crippen molar-refractivity contribution in [2.75, 3.05) is 30.3 Å². The molecule has 0 bridgehead atoms. The van der Waals surface area contributed by atoms with E-state index in [0.717, 1.165) is 15.5 Å². The van der Waals surface area contributed by atoms with Crippen LogP contribution in [-0.4, -0.2) is 46.4 Å². The van der Waals surface area contributed by atoms with Crippen molar-refractivity contribution < 1.29 is 14.8 Å². The van der Waals surface area contributed by atoms with E-state index in [4.69, 9.17) is 5.11 Å². The van der Waals surface area contributed by atoms with Crippen LogP contribution in [0.5, 0.6) is 0 Å². The van der Waals surface area contributed by atoms with Gasteiger partial charge in [-0.1, -0.05) is 12.1 Å². The van der Waals surface area contributed by atoms with Gasteiger partial charge in [-0.15, -0.1) is 22.7 Å². The third-order valence-electron chi connectivity index (χ3n) is 4.91. The Balaban J connectivity index is 1.54. The number of hydrogen-bond acceptors (Lipinski definition) is 9. The van der Waals surface area contributed by atoms with Gasteiger partial charge in [-0.05, 0) is 29.0 Å². The van der Waals surface area contributed by atoms with E-state index in [-0.39, 0.29) is 37.3 Å². The maximum Gasteiger partial charge on any atom is 0.271 e. The van der Waals surface area contributed by atoms with Crippen LogP contribution in [0.25, 0.3) is 0 Å². The highest BCUT2D eigenvalue weighted by Gasteiger charge is 2.34. The van der Waals surface area contributed by atoms with Gasteiger partial charge in [0.15, 0.2) is 0 Å². The van der Waals surface area contributed by atoms with Crippen LogP contribution in [0.4, 0.5) is 17.1 Å². The number of carbonyl (C=O) groups is 1. The summed E-state index contributed by atoms with van der Waals surface area (Å²) < 4.78 is 0. The lowest BCUT2D eigenvalue weighted by molar-refractivity contribution is -0.384. The highest BCUT2D eigenvalue weighted by molar-refractivity contribution is 7.12. The molecular weight excluding hydrogens is 450 g/mol. The number of non-ortho nitro benzene ring substituents is 1. The van der Waals surface area contributed by atoms with Gasteiger partial charge in [-0.2, -0.15) is 5.10 Å². The van der Waals surface area contributed by atoms with Crippen molar-refractivity contribution in [3.05, 3.63) is 73.1 Å². The normalized spacial score (nSPS) is 15.5.